The maximum absolute atomic E-state index is 4.32. The lowest BCUT2D eigenvalue weighted by Gasteiger charge is -2.14. The van der Waals surface area contributed by atoms with Crippen LogP contribution >= 0.6 is 11.3 Å². The van der Waals surface area contributed by atoms with Crippen molar-refractivity contribution in [3.05, 3.63) is 45.8 Å². The van der Waals surface area contributed by atoms with Gasteiger partial charge in [-0.15, -0.1) is 11.3 Å². The van der Waals surface area contributed by atoms with E-state index < -0.39 is 0 Å². The minimum absolute atomic E-state index is 0.715. The van der Waals surface area contributed by atoms with Crippen LogP contribution in [0.15, 0.2) is 34.8 Å². The first-order chi connectivity index (χ1) is 10.6. The first kappa shape index (κ1) is 16.3. The van der Waals surface area contributed by atoms with E-state index in [1.807, 2.05) is 31.3 Å². The summed E-state index contributed by atoms with van der Waals surface area (Å²) in [4.78, 5) is 11.9. The second-order valence-corrected chi connectivity index (χ2v) is 6.22. The van der Waals surface area contributed by atoms with Crippen LogP contribution in [0.4, 0.5) is 5.82 Å². The van der Waals surface area contributed by atoms with Crippen molar-refractivity contribution >= 4 is 23.1 Å². The van der Waals surface area contributed by atoms with E-state index in [-0.39, 0.29) is 0 Å². The summed E-state index contributed by atoms with van der Waals surface area (Å²) in [5, 5.41) is 8.79. The summed E-state index contributed by atoms with van der Waals surface area (Å²) in [7, 11) is 5.77. The molecule has 0 spiro atoms. The second kappa shape index (κ2) is 7.79. The Kier molecular flexibility index (Phi) is 5.77. The SMILES string of the molecule is CN=C(NCc1ccnc(N(C)C)c1)NCc1sccc1C. The van der Waals surface area contributed by atoms with Crippen LogP contribution in [0.1, 0.15) is 16.0 Å². The minimum Gasteiger partial charge on any atom is -0.363 e. The number of nitrogens with zero attached hydrogens (tertiary/aromatic N) is 3. The van der Waals surface area contributed by atoms with Gasteiger partial charge in [0.1, 0.15) is 5.82 Å². The molecule has 6 heteroatoms. The highest BCUT2D eigenvalue weighted by Gasteiger charge is 2.03. The van der Waals surface area contributed by atoms with Gasteiger partial charge in [0.05, 0.1) is 6.54 Å². The molecule has 0 aromatic carbocycles. The van der Waals surface area contributed by atoms with Crippen LogP contribution in [0.2, 0.25) is 0 Å². The van der Waals surface area contributed by atoms with Gasteiger partial charge in [-0.2, -0.15) is 0 Å². The zero-order valence-corrected chi connectivity index (χ0v) is 14.4. The molecular formula is C16H23N5S. The number of hydrogen-bond donors (Lipinski definition) is 2. The Morgan fingerprint density at radius 3 is 2.68 bits per heavy atom. The molecule has 0 bridgehead atoms. The molecule has 0 unspecified atom stereocenters. The molecule has 0 radical (unpaired) electrons. The van der Waals surface area contributed by atoms with E-state index in [9.17, 15) is 0 Å². The standard InChI is InChI=1S/C16H23N5S/c1-12-6-8-22-14(12)11-20-16(17-2)19-10-13-5-7-18-15(9-13)21(3)4/h5-9H,10-11H2,1-4H3,(H2,17,19,20). The van der Waals surface area contributed by atoms with E-state index in [0.717, 1.165) is 18.3 Å². The van der Waals surface area contributed by atoms with Gasteiger partial charge in [0.25, 0.3) is 0 Å². The van der Waals surface area contributed by atoms with Crippen LogP contribution in [0, 0.1) is 6.92 Å². The zero-order valence-electron chi connectivity index (χ0n) is 13.6. The Bertz CT molecular complexity index is 633. The summed E-state index contributed by atoms with van der Waals surface area (Å²) in [6.45, 7) is 3.64. The number of pyridine rings is 1. The van der Waals surface area contributed by atoms with Crippen LogP contribution in [-0.2, 0) is 13.1 Å². The van der Waals surface area contributed by atoms with Crippen molar-refractivity contribution in [2.75, 3.05) is 26.0 Å². The van der Waals surface area contributed by atoms with Crippen molar-refractivity contribution in [3.8, 4) is 0 Å². The van der Waals surface area contributed by atoms with Crippen LogP contribution in [-0.4, -0.2) is 32.1 Å². The van der Waals surface area contributed by atoms with Gasteiger partial charge in [-0.05, 0) is 41.6 Å². The van der Waals surface area contributed by atoms with Gasteiger partial charge in [0.2, 0.25) is 0 Å². The third-order valence-electron chi connectivity index (χ3n) is 3.34. The normalized spacial score (nSPS) is 11.4. The molecule has 0 atom stereocenters. The number of hydrogen-bond acceptors (Lipinski definition) is 4. The Morgan fingerprint density at radius 2 is 2.05 bits per heavy atom. The number of nitrogens with one attached hydrogen (secondary N) is 2. The van der Waals surface area contributed by atoms with Crippen molar-refractivity contribution < 1.29 is 0 Å². The van der Waals surface area contributed by atoms with Crippen molar-refractivity contribution in [1.82, 2.24) is 15.6 Å². The molecule has 2 aromatic heterocycles. The Hall–Kier alpha value is -2.08. The molecule has 0 amide bonds. The fourth-order valence-electron chi connectivity index (χ4n) is 1.97. The molecule has 0 saturated carbocycles. The summed E-state index contributed by atoms with van der Waals surface area (Å²) in [6, 6.07) is 6.22. The molecule has 2 rings (SSSR count). The van der Waals surface area contributed by atoms with Gasteiger partial charge in [0, 0.05) is 38.8 Å². The number of thiophene rings is 1. The number of rotatable bonds is 5. The van der Waals surface area contributed by atoms with Crippen LogP contribution in [0.3, 0.4) is 0 Å². The zero-order chi connectivity index (χ0) is 15.9. The number of aliphatic imine (C=N–C) groups is 1. The summed E-state index contributed by atoms with van der Waals surface area (Å²) >= 11 is 1.76. The summed E-state index contributed by atoms with van der Waals surface area (Å²) in [6.07, 6.45) is 1.83. The molecule has 2 N–H and O–H groups in total. The van der Waals surface area contributed by atoms with E-state index >= 15 is 0 Å². The smallest absolute Gasteiger partial charge is 0.191 e. The predicted molar refractivity (Wildman–Crippen MR) is 94.7 cm³/mol. The molecule has 2 heterocycles. The number of guanidine groups is 1. The molecule has 0 aliphatic carbocycles. The maximum atomic E-state index is 4.32. The fraction of sp³-hybridized carbons (Fsp3) is 0.375. The van der Waals surface area contributed by atoms with Gasteiger partial charge in [-0.1, -0.05) is 0 Å². The lowest BCUT2D eigenvalue weighted by Crippen LogP contribution is -2.36. The van der Waals surface area contributed by atoms with Crippen LogP contribution in [0.25, 0.3) is 0 Å². The van der Waals surface area contributed by atoms with Gasteiger partial charge in [-0.3, -0.25) is 4.99 Å². The van der Waals surface area contributed by atoms with E-state index in [1.165, 1.54) is 16.0 Å². The van der Waals surface area contributed by atoms with Gasteiger partial charge in [0.15, 0.2) is 5.96 Å². The first-order valence-electron chi connectivity index (χ1n) is 7.20. The topological polar surface area (TPSA) is 52.6 Å². The van der Waals surface area contributed by atoms with Crippen LogP contribution < -0.4 is 15.5 Å². The molecule has 22 heavy (non-hydrogen) atoms. The maximum Gasteiger partial charge on any atom is 0.191 e. The fourth-order valence-corrected chi connectivity index (χ4v) is 2.82. The van der Waals surface area contributed by atoms with E-state index in [2.05, 4.69) is 45.0 Å². The Morgan fingerprint density at radius 1 is 1.27 bits per heavy atom. The quantitative estimate of drug-likeness (QED) is 0.657. The van der Waals surface area contributed by atoms with Crippen molar-refractivity contribution in [3.63, 3.8) is 0 Å². The number of aromatic nitrogens is 1. The second-order valence-electron chi connectivity index (χ2n) is 5.22. The lowest BCUT2D eigenvalue weighted by atomic mass is 10.2. The van der Waals surface area contributed by atoms with Crippen molar-refractivity contribution in [2.45, 2.75) is 20.0 Å². The highest BCUT2D eigenvalue weighted by atomic mass is 32.1. The molecule has 2 aromatic rings. The number of anilines is 1. The molecular weight excluding hydrogens is 294 g/mol. The van der Waals surface area contributed by atoms with Gasteiger partial charge < -0.3 is 15.5 Å². The molecule has 0 aliphatic heterocycles. The minimum atomic E-state index is 0.715. The largest absolute Gasteiger partial charge is 0.363 e. The molecule has 0 saturated heterocycles. The molecule has 0 aliphatic rings. The van der Waals surface area contributed by atoms with E-state index in [0.29, 0.717) is 6.54 Å². The average molecular weight is 317 g/mol. The van der Waals surface area contributed by atoms with Crippen LogP contribution in [0.5, 0.6) is 0 Å². The summed E-state index contributed by atoms with van der Waals surface area (Å²) < 4.78 is 0. The third-order valence-corrected chi connectivity index (χ3v) is 4.36. The lowest BCUT2D eigenvalue weighted by molar-refractivity contribution is 0.812. The monoisotopic (exact) mass is 317 g/mol. The average Bonchev–Trinajstić information content (AvgIpc) is 2.93. The first-order valence-corrected chi connectivity index (χ1v) is 8.08. The summed E-state index contributed by atoms with van der Waals surface area (Å²) in [5.41, 5.74) is 2.49. The van der Waals surface area contributed by atoms with E-state index in [1.54, 1.807) is 18.4 Å². The Labute approximate surface area is 136 Å². The predicted octanol–water partition coefficient (Wildman–Crippen LogP) is 2.38. The van der Waals surface area contributed by atoms with Gasteiger partial charge in [-0.25, -0.2) is 4.98 Å². The third kappa shape index (κ3) is 4.46. The molecule has 118 valence electrons. The molecule has 0 fully saturated rings. The number of aryl methyl sites for hydroxylation is 1. The van der Waals surface area contributed by atoms with E-state index in [4.69, 9.17) is 0 Å². The summed E-state index contributed by atoms with van der Waals surface area (Å²) in [5.74, 6) is 1.76. The highest BCUT2D eigenvalue weighted by Crippen LogP contribution is 2.14. The Balaban J connectivity index is 1.89. The van der Waals surface area contributed by atoms with Gasteiger partial charge >= 0.3 is 0 Å². The van der Waals surface area contributed by atoms with Crippen molar-refractivity contribution in [1.29, 1.82) is 0 Å². The van der Waals surface area contributed by atoms with Crippen molar-refractivity contribution in [2.24, 2.45) is 4.99 Å². The highest BCUT2D eigenvalue weighted by molar-refractivity contribution is 7.10. The molecule has 5 nitrogen and oxygen atoms in total.